The van der Waals surface area contributed by atoms with Gasteiger partial charge >= 0.3 is 0 Å². The molecule has 1 saturated carbocycles. The molecule has 5 nitrogen and oxygen atoms in total. The van der Waals surface area contributed by atoms with Gasteiger partial charge in [0.05, 0.1) is 11.7 Å². The Bertz CT molecular complexity index is 549. The van der Waals surface area contributed by atoms with E-state index in [0.717, 1.165) is 12.8 Å². The molecule has 1 fully saturated rings. The van der Waals surface area contributed by atoms with E-state index in [4.69, 9.17) is 0 Å². The molecule has 1 atom stereocenters. The fourth-order valence-electron chi connectivity index (χ4n) is 1.98. The summed E-state index contributed by atoms with van der Waals surface area (Å²) in [6.07, 6.45) is 2.93. The van der Waals surface area contributed by atoms with Crippen molar-refractivity contribution in [3.8, 4) is 0 Å². The Kier molecular flexibility index (Phi) is 4.10. The van der Waals surface area contributed by atoms with E-state index in [9.17, 15) is 14.7 Å². The van der Waals surface area contributed by atoms with E-state index in [1.54, 1.807) is 25.1 Å². The summed E-state index contributed by atoms with van der Waals surface area (Å²) in [4.78, 5) is 25.8. The van der Waals surface area contributed by atoms with E-state index in [0.29, 0.717) is 16.6 Å². The van der Waals surface area contributed by atoms with E-state index < -0.39 is 6.10 Å². The molecule has 2 rings (SSSR count). The summed E-state index contributed by atoms with van der Waals surface area (Å²) in [5, 5.41) is 9.49. The lowest BCUT2D eigenvalue weighted by atomic mass is 10.2. The second-order valence-electron chi connectivity index (χ2n) is 5.02. The Hall–Kier alpha value is -1.14. The van der Waals surface area contributed by atoms with Crippen LogP contribution in [0.25, 0.3) is 0 Å². The topological polar surface area (TPSA) is 62.5 Å². The van der Waals surface area contributed by atoms with E-state index in [2.05, 4.69) is 15.9 Å². The van der Waals surface area contributed by atoms with Crippen LogP contribution in [0.1, 0.15) is 30.1 Å². The first-order valence-electron chi connectivity index (χ1n) is 6.25. The fraction of sp³-hybridized carbons (Fsp3) is 0.538. The number of aryl methyl sites for hydroxylation is 1. The first-order chi connectivity index (χ1) is 8.90. The second-order valence-corrected chi connectivity index (χ2v) is 5.88. The molecular weight excluding hydrogens is 312 g/mol. The molecule has 1 aliphatic rings. The van der Waals surface area contributed by atoms with Gasteiger partial charge in [0, 0.05) is 36.4 Å². The zero-order valence-corrected chi connectivity index (χ0v) is 12.6. The zero-order chi connectivity index (χ0) is 14.2. The molecule has 19 heavy (non-hydrogen) atoms. The zero-order valence-electron chi connectivity index (χ0n) is 11.0. The monoisotopic (exact) mass is 328 g/mol. The second kappa shape index (κ2) is 5.46. The number of carbonyl (C=O) groups excluding carboxylic acids is 1. The Balaban J connectivity index is 2.31. The van der Waals surface area contributed by atoms with Crippen molar-refractivity contribution in [3.05, 3.63) is 32.7 Å². The molecule has 0 aliphatic heterocycles. The standard InChI is InChI=1S/C13H17BrN2O3/c1-8(17)6-16(9-3-4-9)13(19)10-5-12(18)15(2)7-11(10)14/h5,7-9,17H,3-4,6H2,1-2H3. The number of hydrogen-bond donors (Lipinski definition) is 1. The van der Waals surface area contributed by atoms with Crippen LogP contribution in [0.5, 0.6) is 0 Å². The summed E-state index contributed by atoms with van der Waals surface area (Å²) in [6.45, 7) is 1.95. The Morgan fingerprint density at radius 2 is 2.26 bits per heavy atom. The SMILES string of the molecule is CC(O)CN(C(=O)c1cc(=O)n(C)cc1Br)C1CC1. The van der Waals surface area contributed by atoms with Crippen LogP contribution in [0.2, 0.25) is 0 Å². The molecule has 0 spiro atoms. The molecule has 1 unspecified atom stereocenters. The van der Waals surface area contributed by atoms with Crippen molar-refractivity contribution in [2.45, 2.75) is 31.9 Å². The van der Waals surface area contributed by atoms with E-state index in [1.807, 2.05) is 0 Å². The summed E-state index contributed by atoms with van der Waals surface area (Å²) < 4.78 is 2.01. The predicted molar refractivity (Wildman–Crippen MR) is 75.1 cm³/mol. The van der Waals surface area contributed by atoms with Crippen LogP contribution >= 0.6 is 15.9 Å². The van der Waals surface area contributed by atoms with Gasteiger partial charge in [0.15, 0.2) is 0 Å². The minimum atomic E-state index is -0.574. The highest BCUT2D eigenvalue weighted by Gasteiger charge is 2.34. The average Bonchev–Trinajstić information content (AvgIpc) is 3.14. The number of nitrogens with zero attached hydrogens (tertiary/aromatic N) is 2. The van der Waals surface area contributed by atoms with Crippen molar-refractivity contribution in [2.75, 3.05) is 6.54 Å². The fourth-order valence-corrected chi connectivity index (χ4v) is 2.58. The van der Waals surface area contributed by atoms with Crippen LogP contribution < -0.4 is 5.56 Å². The normalized spacial score (nSPS) is 16.2. The molecule has 0 radical (unpaired) electrons. The molecule has 1 heterocycles. The highest BCUT2D eigenvalue weighted by atomic mass is 79.9. The van der Waals surface area contributed by atoms with Crippen LogP contribution in [0.3, 0.4) is 0 Å². The quantitative estimate of drug-likeness (QED) is 0.901. The lowest BCUT2D eigenvalue weighted by molar-refractivity contribution is 0.0629. The molecule has 0 aromatic carbocycles. The van der Waals surface area contributed by atoms with E-state index >= 15 is 0 Å². The number of aromatic nitrogens is 1. The molecule has 0 bridgehead atoms. The third-order valence-electron chi connectivity index (χ3n) is 3.12. The summed E-state index contributed by atoms with van der Waals surface area (Å²) in [6, 6.07) is 1.53. The maximum Gasteiger partial charge on any atom is 0.255 e. The molecule has 6 heteroatoms. The Morgan fingerprint density at radius 3 is 2.79 bits per heavy atom. The molecule has 0 saturated heterocycles. The highest BCUT2D eigenvalue weighted by molar-refractivity contribution is 9.10. The van der Waals surface area contributed by atoms with Crippen molar-refractivity contribution in [2.24, 2.45) is 7.05 Å². The van der Waals surface area contributed by atoms with Gasteiger partial charge in [-0.15, -0.1) is 0 Å². The molecule has 1 aromatic heterocycles. The number of rotatable bonds is 4. The third kappa shape index (κ3) is 3.25. The number of halogens is 1. The van der Waals surface area contributed by atoms with Crippen molar-refractivity contribution in [1.82, 2.24) is 9.47 Å². The number of aliphatic hydroxyl groups is 1. The van der Waals surface area contributed by atoms with Gasteiger partial charge in [-0.05, 0) is 35.7 Å². The summed E-state index contributed by atoms with van der Waals surface area (Å²) in [5.74, 6) is -0.201. The number of amides is 1. The van der Waals surface area contributed by atoms with Crippen LogP contribution in [0.4, 0.5) is 0 Å². The summed E-state index contributed by atoms with van der Waals surface area (Å²) in [7, 11) is 1.63. The lowest BCUT2D eigenvalue weighted by Gasteiger charge is -2.24. The lowest BCUT2D eigenvalue weighted by Crippen LogP contribution is -2.39. The average molecular weight is 329 g/mol. The molecular formula is C13H17BrN2O3. The first kappa shape index (κ1) is 14.3. The van der Waals surface area contributed by atoms with Gasteiger partial charge in [-0.2, -0.15) is 0 Å². The van der Waals surface area contributed by atoms with Crippen molar-refractivity contribution < 1.29 is 9.90 Å². The molecule has 1 aliphatic carbocycles. The van der Waals surface area contributed by atoms with Gasteiger partial charge < -0.3 is 14.6 Å². The number of carbonyl (C=O) groups is 1. The van der Waals surface area contributed by atoms with Crippen LogP contribution in [-0.4, -0.2) is 39.2 Å². The van der Waals surface area contributed by atoms with Crippen molar-refractivity contribution in [3.63, 3.8) is 0 Å². The van der Waals surface area contributed by atoms with Crippen LogP contribution in [0.15, 0.2) is 21.5 Å². The van der Waals surface area contributed by atoms with Crippen LogP contribution in [0, 0.1) is 0 Å². The number of aliphatic hydroxyl groups excluding tert-OH is 1. The smallest absolute Gasteiger partial charge is 0.255 e. The third-order valence-corrected chi connectivity index (χ3v) is 3.75. The maximum atomic E-state index is 12.5. The Labute approximate surface area is 120 Å². The minimum absolute atomic E-state index is 0.193. The summed E-state index contributed by atoms with van der Waals surface area (Å²) >= 11 is 3.32. The van der Waals surface area contributed by atoms with Crippen molar-refractivity contribution >= 4 is 21.8 Å². The summed E-state index contributed by atoms with van der Waals surface area (Å²) in [5.41, 5.74) is 0.134. The minimum Gasteiger partial charge on any atom is -0.392 e. The molecule has 1 amide bonds. The largest absolute Gasteiger partial charge is 0.392 e. The van der Waals surface area contributed by atoms with Gasteiger partial charge in [-0.25, -0.2) is 0 Å². The number of pyridine rings is 1. The van der Waals surface area contributed by atoms with Crippen LogP contribution in [-0.2, 0) is 7.05 Å². The van der Waals surface area contributed by atoms with Gasteiger partial charge in [-0.3, -0.25) is 9.59 Å². The van der Waals surface area contributed by atoms with Gasteiger partial charge in [0.2, 0.25) is 0 Å². The van der Waals surface area contributed by atoms with Gasteiger partial charge in [0.1, 0.15) is 0 Å². The number of hydrogen-bond acceptors (Lipinski definition) is 3. The van der Waals surface area contributed by atoms with E-state index in [1.165, 1.54) is 10.6 Å². The van der Waals surface area contributed by atoms with Crippen molar-refractivity contribution in [1.29, 1.82) is 0 Å². The first-order valence-corrected chi connectivity index (χ1v) is 7.04. The molecule has 1 N–H and O–H groups in total. The predicted octanol–water partition coefficient (Wildman–Crippen LogP) is 1.13. The maximum absolute atomic E-state index is 12.5. The molecule has 1 aromatic rings. The van der Waals surface area contributed by atoms with Gasteiger partial charge in [-0.1, -0.05) is 0 Å². The van der Waals surface area contributed by atoms with Gasteiger partial charge in [0.25, 0.3) is 11.5 Å². The molecule has 104 valence electrons. The van der Waals surface area contributed by atoms with E-state index in [-0.39, 0.29) is 17.5 Å². The highest BCUT2D eigenvalue weighted by Crippen LogP contribution is 2.29. The Morgan fingerprint density at radius 1 is 1.63 bits per heavy atom.